The van der Waals surface area contributed by atoms with Crippen LogP contribution < -0.4 is 0 Å². The van der Waals surface area contributed by atoms with Crippen molar-refractivity contribution in [2.24, 2.45) is 10.2 Å². The van der Waals surface area contributed by atoms with Crippen molar-refractivity contribution in [1.82, 2.24) is 0 Å². The zero-order valence-electron chi connectivity index (χ0n) is 5.26. The van der Waals surface area contributed by atoms with E-state index in [2.05, 4.69) is 10.2 Å². The van der Waals surface area contributed by atoms with E-state index >= 15 is 0 Å². The Balaban J connectivity index is 3.09. The smallest absolute Gasteiger partial charge is 0.349 e. The zero-order chi connectivity index (χ0) is 8.48. The largest absolute Gasteiger partial charge is 0.479 e. The van der Waals surface area contributed by atoms with Crippen LogP contribution in [0.2, 0.25) is 0 Å². The summed E-state index contributed by atoms with van der Waals surface area (Å²) in [5, 5.41) is 23.1. The molecule has 0 bridgehead atoms. The van der Waals surface area contributed by atoms with Crippen LogP contribution in [0.15, 0.2) is 22.5 Å². The van der Waals surface area contributed by atoms with E-state index in [9.17, 15) is 9.59 Å². The van der Waals surface area contributed by atoms with Gasteiger partial charge in [-0.1, -0.05) is 0 Å². The van der Waals surface area contributed by atoms with E-state index in [1.807, 2.05) is 0 Å². The van der Waals surface area contributed by atoms with Gasteiger partial charge in [-0.2, -0.15) is 10.2 Å². The fourth-order valence-corrected chi connectivity index (χ4v) is 0.619. The quantitative estimate of drug-likeness (QED) is 0.544. The molecule has 6 heteroatoms. The van der Waals surface area contributed by atoms with Gasteiger partial charge in [-0.15, -0.1) is 0 Å². The Labute approximate surface area is 60.9 Å². The Kier molecular flexibility index (Phi) is 1.45. The van der Waals surface area contributed by atoms with Gasteiger partial charge >= 0.3 is 11.9 Å². The van der Waals surface area contributed by atoms with Crippen LogP contribution in [0.4, 0.5) is 0 Å². The van der Waals surface area contributed by atoms with E-state index in [4.69, 9.17) is 10.2 Å². The van der Waals surface area contributed by atoms with Gasteiger partial charge < -0.3 is 10.2 Å². The van der Waals surface area contributed by atoms with Gasteiger partial charge in [0, 0.05) is 6.20 Å². The van der Waals surface area contributed by atoms with Gasteiger partial charge in [-0.3, -0.25) is 0 Å². The summed E-state index contributed by atoms with van der Waals surface area (Å²) in [4.78, 5) is 20.8. The van der Waals surface area contributed by atoms with Crippen molar-refractivity contribution >= 4 is 11.9 Å². The van der Waals surface area contributed by atoms with E-state index in [0.717, 1.165) is 12.3 Å². The number of azo groups is 1. The van der Waals surface area contributed by atoms with Gasteiger partial charge in [0.15, 0.2) is 0 Å². The van der Waals surface area contributed by atoms with Crippen LogP contribution in [0.3, 0.4) is 0 Å². The van der Waals surface area contributed by atoms with Crippen molar-refractivity contribution in [2.45, 2.75) is 5.54 Å². The molecule has 0 atom stereocenters. The molecule has 11 heavy (non-hydrogen) atoms. The highest BCUT2D eigenvalue weighted by molar-refractivity contribution is 6.06. The normalized spacial score (nSPS) is 18.5. The molecule has 0 saturated heterocycles. The molecule has 1 aliphatic rings. The molecular weight excluding hydrogens is 152 g/mol. The third kappa shape index (κ3) is 0.878. The third-order valence-corrected chi connectivity index (χ3v) is 1.25. The molecule has 0 aromatic heterocycles. The van der Waals surface area contributed by atoms with E-state index < -0.39 is 17.5 Å². The summed E-state index contributed by atoms with van der Waals surface area (Å²) in [6.07, 6.45) is 1.96. The first-order valence-corrected chi connectivity index (χ1v) is 2.66. The van der Waals surface area contributed by atoms with Crippen molar-refractivity contribution in [3.63, 3.8) is 0 Å². The minimum Gasteiger partial charge on any atom is -0.479 e. The van der Waals surface area contributed by atoms with E-state index in [-0.39, 0.29) is 0 Å². The molecule has 1 aliphatic heterocycles. The first-order valence-electron chi connectivity index (χ1n) is 2.66. The van der Waals surface area contributed by atoms with Gasteiger partial charge in [-0.05, 0) is 6.08 Å². The lowest BCUT2D eigenvalue weighted by molar-refractivity contribution is -0.153. The minimum atomic E-state index is -2.19. The highest BCUT2D eigenvalue weighted by atomic mass is 16.4. The fraction of sp³-hybridized carbons (Fsp3) is 0.200. The molecule has 0 aromatic rings. The molecule has 0 amide bonds. The molecule has 0 saturated carbocycles. The van der Waals surface area contributed by atoms with Crippen molar-refractivity contribution in [1.29, 1.82) is 0 Å². The second-order valence-electron chi connectivity index (χ2n) is 1.91. The van der Waals surface area contributed by atoms with Crippen LogP contribution in [0, 0.1) is 0 Å². The molecule has 1 heterocycles. The molecule has 58 valence electrons. The van der Waals surface area contributed by atoms with Gasteiger partial charge in [0.2, 0.25) is 0 Å². The van der Waals surface area contributed by atoms with E-state index in [1.165, 1.54) is 0 Å². The molecule has 0 spiro atoms. The number of hydrogen-bond acceptors (Lipinski definition) is 4. The average molecular weight is 156 g/mol. The molecule has 6 nitrogen and oxygen atoms in total. The molecule has 0 fully saturated rings. The number of hydrogen-bond donors (Lipinski definition) is 2. The average Bonchev–Trinajstić information content (AvgIpc) is 2.34. The van der Waals surface area contributed by atoms with Crippen LogP contribution in [-0.2, 0) is 9.59 Å². The fourth-order valence-electron chi connectivity index (χ4n) is 0.619. The number of carboxylic acids is 2. The molecule has 0 unspecified atom stereocenters. The topological polar surface area (TPSA) is 99.3 Å². The second kappa shape index (κ2) is 2.15. The first-order chi connectivity index (χ1) is 5.09. The summed E-state index contributed by atoms with van der Waals surface area (Å²) in [6, 6.07) is 0. The van der Waals surface area contributed by atoms with E-state index in [1.54, 1.807) is 0 Å². The monoisotopic (exact) mass is 156 g/mol. The van der Waals surface area contributed by atoms with Gasteiger partial charge in [0.25, 0.3) is 5.54 Å². The lowest BCUT2D eigenvalue weighted by Gasteiger charge is -2.09. The summed E-state index contributed by atoms with van der Waals surface area (Å²) in [5.41, 5.74) is -2.19. The van der Waals surface area contributed by atoms with Crippen LogP contribution in [0.25, 0.3) is 0 Å². The highest BCUT2D eigenvalue weighted by Gasteiger charge is 2.46. The maximum atomic E-state index is 10.4. The summed E-state index contributed by atoms with van der Waals surface area (Å²) < 4.78 is 0. The SMILES string of the molecule is O=C(O)C1(C(=O)O)C=CN=N1. The summed E-state index contributed by atoms with van der Waals surface area (Å²) in [6.45, 7) is 0. The molecule has 2 N–H and O–H groups in total. The zero-order valence-corrected chi connectivity index (χ0v) is 5.26. The minimum absolute atomic E-state index is 0.914. The molecule has 0 aliphatic carbocycles. The van der Waals surface area contributed by atoms with Crippen molar-refractivity contribution in [3.8, 4) is 0 Å². The third-order valence-electron chi connectivity index (χ3n) is 1.25. The Morgan fingerprint density at radius 2 is 1.82 bits per heavy atom. The van der Waals surface area contributed by atoms with Crippen LogP contribution in [-0.4, -0.2) is 27.7 Å². The van der Waals surface area contributed by atoms with Gasteiger partial charge in [0.05, 0.1) is 0 Å². The maximum absolute atomic E-state index is 10.4. The molecular formula is C5H4N2O4. The second-order valence-corrected chi connectivity index (χ2v) is 1.91. The Morgan fingerprint density at radius 3 is 2.00 bits per heavy atom. The Hall–Kier alpha value is -1.72. The van der Waals surface area contributed by atoms with Gasteiger partial charge in [-0.25, -0.2) is 9.59 Å². The predicted octanol–water partition coefficient (Wildman–Crippen LogP) is -0.126. The van der Waals surface area contributed by atoms with Crippen molar-refractivity contribution in [2.75, 3.05) is 0 Å². The number of rotatable bonds is 2. The van der Waals surface area contributed by atoms with E-state index in [0.29, 0.717) is 0 Å². The first kappa shape index (κ1) is 7.39. The van der Waals surface area contributed by atoms with Gasteiger partial charge in [0.1, 0.15) is 0 Å². The Bertz CT molecular complexity index is 240. The van der Waals surface area contributed by atoms with Crippen LogP contribution in [0.5, 0.6) is 0 Å². The molecule has 0 aromatic carbocycles. The lowest BCUT2D eigenvalue weighted by atomic mass is 10.0. The summed E-state index contributed by atoms with van der Waals surface area (Å²) in [7, 11) is 0. The van der Waals surface area contributed by atoms with Crippen molar-refractivity contribution in [3.05, 3.63) is 12.3 Å². The predicted molar refractivity (Wildman–Crippen MR) is 32.0 cm³/mol. The number of nitrogens with zero attached hydrogens (tertiary/aromatic N) is 2. The number of aliphatic carboxylic acids is 2. The van der Waals surface area contributed by atoms with Crippen LogP contribution >= 0.6 is 0 Å². The highest BCUT2D eigenvalue weighted by Crippen LogP contribution is 2.19. The van der Waals surface area contributed by atoms with Crippen molar-refractivity contribution < 1.29 is 19.8 Å². The number of carboxylic acid groups (broad SMARTS) is 2. The Morgan fingerprint density at radius 1 is 1.27 bits per heavy atom. The standard InChI is InChI=1S/C5H4N2O4/c8-3(9)5(4(10)11)1-2-6-7-5/h1-2H,(H,8,9)(H,10,11). The maximum Gasteiger partial charge on any atom is 0.349 e. The summed E-state index contributed by atoms with van der Waals surface area (Å²) in [5.74, 6) is -3.08. The molecule has 0 radical (unpaired) electrons. The summed E-state index contributed by atoms with van der Waals surface area (Å²) >= 11 is 0. The molecule has 1 rings (SSSR count). The number of carbonyl (C=O) groups is 2. The lowest BCUT2D eigenvalue weighted by Crippen LogP contribution is -2.41. The van der Waals surface area contributed by atoms with Crippen LogP contribution in [0.1, 0.15) is 0 Å².